The highest BCUT2D eigenvalue weighted by atomic mass is 32.2. The first kappa shape index (κ1) is 20.2. The Balaban J connectivity index is 1.65. The van der Waals surface area contributed by atoms with E-state index in [2.05, 4.69) is 83.0 Å². The molecule has 0 spiro atoms. The van der Waals surface area contributed by atoms with Crippen molar-refractivity contribution in [2.45, 2.75) is 31.6 Å². The van der Waals surface area contributed by atoms with Gasteiger partial charge in [0.1, 0.15) is 0 Å². The molecule has 0 aliphatic carbocycles. The quantitative estimate of drug-likeness (QED) is 0.493. The summed E-state index contributed by atoms with van der Waals surface area (Å²) < 4.78 is 0. The lowest BCUT2D eigenvalue weighted by Gasteiger charge is -2.43. The van der Waals surface area contributed by atoms with Crippen LogP contribution in [-0.2, 0) is 0 Å². The first-order valence-corrected chi connectivity index (χ1v) is 12.2. The Labute approximate surface area is 188 Å². The number of anilines is 2. The molecule has 158 valence electrons. The second kappa shape index (κ2) is 8.80. The van der Waals surface area contributed by atoms with Gasteiger partial charge in [-0.2, -0.15) is 0 Å². The molecular weight excluding hydrogens is 400 g/mol. The lowest BCUT2D eigenvalue weighted by atomic mass is 9.76. The third-order valence-corrected chi connectivity index (χ3v) is 7.19. The van der Waals surface area contributed by atoms with Crippen LogP contribution >= 0.6 is 11.8 Å². The number of thioether (sulfide) groups is 1. The fraction of sp³-hybridized carbons (Fsp3) is 0.296. The van der Waals surface area contributed by atoms with Gasteiger partial charge in [-0.15, -0.1) is 0 Å². The fourth-order valence-corrected chi connectivity index (χ4v) is 5.67. The second-order valence-electron chi connectivity index (χ2n) is 8.34. The molecule has 3 nitrogen and oxygen atoms in total. The molecule has 0 aromatic heterocycles. The van der Waals surface area contributed by atoms with E-state index in [4.69, 9.17) is 0 Å². The smallest absolute Gasteiger partial charge is 0.283 e. The molecule has 2 unspecified atom stereocenters. The third-order valence-electron chi connectivity index (χ3n) is 6.54. The number of nitrogens with one attached hydrogen (secondary N) is 1. The summed E-state index contributed by atoms with van der Waals surface area (Å²) in [6.45, 7) is 4.17. The second-order valence-corrected chi connectivity index (χ2v) is 9.58. The number of rotatable bonds is 4. The van der Waals surface area contributed by atoms with E-state index in [-0.39, 0.29) is 5.24 Å². The first-order valence-electron chi connectivity index (χ1n) is 11.2. The van der Waals surface area contributed by atoms with E-state index in [0.29, 0.717) is 11.8 Å². The van der Waals surface area contributed by atoms with Crippen molar-refractivity contribution in [3.63, 3.8) is 0 Å². The predicted molar refractivity (Wildman–Crippen MR) is 132 cm³/mol. The van der Waals surface area contributed by atoms with Gasteiger partial charge in [-0.1, -0.05) is 79.3 Å². The minimum absolute atomic E-state index is 0.0191. The molecule has 3 aromatic carbocycles. The van der Waals surface area contributed by atoms with E-state index in [1.807, 2.05) is 6.92 Å². The van der Waals surface area contributed by atoms with Crippen LogP contribution in [0.4, 0.5) is 16.2 Å². The highest BCUT2D eigenvalue weighted by Crippen LogP contribution is 2.49. The van der Waals surface area contributed by atoms with Crippen molar-refractivity contribution in [3.05, 3.63) is 95.1 Å². The molecule has 0 fully saturated rings. The van der Waals surface area contributed by atoms with Gasteiger partial charge in [0.15, 0.2) is 0 Å². The van der Waals surface area contributed by atoms with E-state index >= 15 is 0 Å². The number of amides is 1. The van der Waals surface area contributed by atoms with Crippen molar-refractivity contribution in [1.82, 2.24) is 0 Å². The fourth-order valence-electron chi connectivity index (χ4n) is 5.21. The van der Waals surface area contributed by atoms with Crippen LogP contribution < -0.4 is 10.2 Å². The van der Waals surface area contributed by atoms with E-state index in [9.17, 15) is 4.79 Å². The molecule has 31 heavy (non-hydrogen) atoms. The van der Waals surface area contributed by atoms with Crippen molar-refractivity contribution < 1.29 is 4.79 Å². The van der Waals surface area contributed by atoms with Crippen LogP contribution in [0.5, 0.6) is 0 Å². The maximum absolute atomic E-state index is 12.4. The molecule has 2 aliphatic rings. The maximum atomic E-state index is 12.4. The van der Waals surface area contributed by atoms with Gasteiger partial charge < -0.3 is 10.2 Å². The van der Waals surface area contributed by atoms with E-state index in [1.54, 1.807) is 0 Å². The standard InChI is InChI=1S/C27H28N2OS/c1-2-31-27(30)28-21-17-24-22(19-9-5-3-6-10-19)13-15-29-16-14-23(25(18-21)26(24)29)20-11-7-4-8-12-20/h3-12,17-18,22-23H,2,13-16H2,1H3,(H,28,30). The number of benzene rings is 3. The minimum Gasteiger partial charge on any atom is -0.371 e. The zero-order valence-corrected chi connectivity index (χ0v) is 18.7. The Morgan fingerprint density at radius 3 is 1.90 bits per heavy atom. The largest absolute Gasteiger partial charge is 0.371 e. The van der Waals surface area contributed by atoms with Crippen LogP contribution in [0.25, 0.3) is 0 Å². The Hall–Kier alpha value is -2.72. The molecule has 2 atom stereocenters. The Kier molecular flexibility index (Phi) is 5.73. The van der Waals surface area contributed by atoms with E-state index < -0.39 is 0 Å². The Bertz CT molecular complexity index is 995. The van der Waals surface area contributed by atoms with Crippen molar-refractivity contribution in [2.75, 3.05) is 29.1 Å². The normalized spacial score (nSPS) is 19.6. The number of hydrogen-bond acceptors (Lipinski definition) is 3. The van der Waals surface area contributed by atoms with Crippen LogP contribution in [-0.4, -0.2) is 24.1 Å². The van der Waals surface area contributed by atoms with Crippen molar-refractivity contribution in [3.8, 4) is 0 Å². The molecule has 1 amide bonds. The Morgan fingerprint density at radius 1 is 0.903 bits per heavy atom. The topological polar surface area (TPSA) is 32.3 Å². The average molecular weight is 429 g/mol. The summed E-state index contributed by atoms with van der Waals surface area (Å²) in [5.41, 5.74) is 7.74. The van der Waals surface area contributed by atoms with Gasteiger partial charge in [0, 0.05) is 36.3 Å². The van der Waals surface area contributed by atoms with Crippen LogP contribution in [0.2, 0.25) is 0 Å². The zero-order chi connectivity index (χ0) is 21.2. The molecule has 5 rings (SSSR count). The van der Waals surface area contributed by atoms with E-state index in [1.165, 1.54) is 39.7 Å². The SMILES string of the molecule is CCSC(=O)Nc1cc2c3c(c1)C(c1ccccc1)CCN3CCC2c1ccccc1. The first-order chi connectivity index (χ1) is 15.2. The van der Waals surface area contributed by atoms with Gasteiger partial charge in [0.25, 0.3) is 5.24 Å². The summed E-state index contributed by atoms with van der Waals surface area (Å²) in [7, 11) is 0. The van der Waals surface area contributed by atoms with Gasteiger partial charge in [-0.25, -0.2) is 0 Å². The molecule has 2 aliphatic heterocycles. The molecule has 0 bridgehead atoms. The molecule has 0 saturated heterocycles. The Morgan fingerprint density at radius 2 is 1.42 bits per heavy atom. The van der Waals surface area contributed by atoms with Gasteiger partial charge in [-0.05, 0) is 53.0 Å². The number of nitrogens with zero attached hydrogens (tertiary/aromatic N) is 1. The van der Waals surface area contributed by atoms with Gasteiger partial charge in [0.2, 0.25) is 0 Å². The zero-order valence-electron chi connectivity index (χ0n) is 17.9. The number of carbonyl (C=O) groups excluding carboxylic acids is 1. The van der Waals surface area contributed by atoms with Crippen molar-refractivity contribution in [1.29, 1.82) is 0 Å². The van der Waals surface area contributed by atoms with Crippen LogP contribution in [0.15, 0.2) is 72.8 Å². The average Bonchev–Trinajstić information content (AvgIpc) is 2.81. The van der Waals surface area contributed by atoms with Crippen LogP contribution in [0, 0.1) is 0 Å². The highest BCUT2D eigenvalue weighted by molar-refractivity contribution is 8.13. The maximum Gasteiger partial charge on any atom is 0.283 e. The number of hydrogen-bond donors (Lipinski definition) is 1. The lowest BCUT2D eigenvalue weighted by Crippen LogP contribution is -2.37. The van der Waals surface area contributed by atoms with Gasteiger partial charge in [-0.3, -0.25) is 4.79 Å². The summed E-state index contributed by atoms with van der Waals surface area (Å²) in [4.78, 5) is 15.0. The minimum atomic E-state index is 0.0191. The van der Waals surface area contributed by atoms with Crippen molar-refractivity contribution >= 4 is 28.4 Å². The summed E-state index contributed by atoms with van der Waals surface area (Å²) in [5.74, 6) is 1.49. The van der Waals surface area contributed by atoms with Gasteiger partial charge >= 0.3 is 0 Å². The summed E-state index contributed by atoms with van der Waals surface area (Å²) in [6.07, 6.45) is 2.21. The molecule has 1 N–H and O–H groups in total. The molecule has 0 saturated carbocycles. The summed E-state index contributed by atoms with van der Waals surface area (Å²) >= 11 is 1.33. The monoisotopic (exact) mass is 428 g/mol. The molecule has 2 heterocycles. The molecule has 3 aromatic rings. The molecule has 0 radical (unpaired) electrons. The molecule has 4 heteroatoms. The predicted octanol–water partition coefficient (Wildman–Crippen LogP) is 6.85. The van der Waals surface area contributed by atoms with E-state index in [0.717, 1.165) is 37.4 Å². The van der Waals surface area contributed by atoms with Gasteiger partial charge in [0.05, 0.1) is 0 Å². The summed E-state index contributed by atoms with van der Waals surface area (Å²) in [6, 6.07) is 26.1. The van der Waals surface area contributed by atoms with Crippen molar-refractivity contribution in [2.24, 2.45) is 0 Å². The lowest BCUT2D eigenvalue weighted by molar-refractivity contribution is 0.270. The molecular formula is C27H28N2OS. The number of carbonyl (C=O) groups is 1. The third kappa shape index (κ3) is 3.97. The van der Waals surface area contributed by atoms with Crippen LogP contribution in [0.1, 0.15) is 53.9 Å². The highest BCUT2D eigenvalue weighted by Gasteiger charge is 2.35. The summed E-state index contributed by atoms with van der Waals surface area (Å²) in [5, 5.41) is 3.18. The van der Waals surface area contributed by atoms with Crippen LogP contribution in [0.3, 0.4) is 0 Å².